The van der Waals surface area contributed by atoms with Crippen LogP contribution in [0.1, 0.15) is 19.8 Å². The Balaban J connectivity index is 2.94. The molecule has 1 heterocycles. The number of alkyl halides is 3. The molecule has 0 unspecified atom stereocenters. The van der Waals surface area contributed by atoms with Crippen molar-refractivity contribution in [1.82, 2.24) is 0 Å². The molecule has 0 bridgehead atoms. The maximum absolute atomic E-state index is 12.5. The lowest BCUT2D eigenvalue weighted by atomic mass is 10.1. The van der Waals surface area contributed by atoms with Crippen molar-refractivity contribution in [3.63, 3.8) is 0 Å². The van der Waals surface area contributed by atoms with Gasteiger partial charge in [-0.2, -0.15) is 13.2 Å². The third-order valence-electron chi connectivity index (χ3n) is 2.05. The summed E-state index contributed by atoms with van der Waals surface area (Å²) in [7, 11) is 0. The molecule has 1 rings (SSSR count). The average Bonchev–Trinajstić information content (AvgIpc) is 2.25. The van der Waals surface area contributed by atoms with Gasteiger partial charge in [0.05, 0.1) is 4.91 Å². The lowest BCUT2D eigenvalue weighted by molar-refractivity contribution is -0.114. The molecule has 0 aromatic carbocycles. The maximum atomic E-state index is 12.5. The monoisotopic (exact) mass is 237 g/mol. The summed E-state index contributed by atoms with van der Waals surface area (Å²) in [6, 6.07) is 0. The van der Waals surface area contributed by atoms with Crippen LogP contribution in [0.3, 0.4) is 0 Å². The molecule has 0 saturated heterocycles. The topological polar surface area (TPSA) is 43.1 Å². The van der Waals surface area contributed by atoms with E-state index in [-0.39, 0.29) is 24.0 Å². The number of carbonyl (C=O) groups excluding carboxylic acids is 1. The number of allylic oxidation sites excluding steroid dienone is 2. The van der Waals surface area contributed by atoms with Crippen LogP contribution in [-0.4, -0.2) is 12.1 Å². The van der Waals surface area contributed by atoms with Gasteiger partial charge in [0.1, 0.15) is 0 Å². The molecule has 84 valence electrons. The molecule has 0 aromatic rings. The summed E-state index contributed by atoms with van der Waals surface area (Å²) < 4.78 is 37.4. The molecule has 0 radical (unpaired) electrons. The van der Waals surface area contributed by atoms with Gasteiger partial charge in [-0.1, -0.05) is 17.3 Å². The van der Waals surface area contributed by atoms with E-state index in [1.807, 2.05) is 0 Å². The molecule has 0 aliphatic carbocycles. The van der Waals surface area contributed by atoms with E-state index in [0.717, 1.165) is 0 Å². The van der Waals surface area contributed by atoms with E-state index in [0.29, 0.717) is 11.8 Å². The first-order chi connectivity index (χ1) is 6.82. The Morgan fingerprint density at radius 3 is 2.53 bits per heavy atom. The lowest BCUT2D eigenvalue weighted by Gasteiger charge is -2.11. The number of thioether (sulfide) groups is 1. The summed E-state index contributed by atoms with van der Waals surface area (Å²) in [5.41, 5.74) is 5.51. The van der Waals surface area contributed by atoms with E-state index in [2.05, 4.69) is 0 Å². The number of rotatable bonds is 1. The normalized spacial score (nSPS) is 18.5. The van der Waals surface area contributed by atoms with Crippen LogP contribution in [0.5, 0.6) is 0 Å². The largest absolute Gasteiger partial charge is 0.422 e. The molecule has 1 aliphatic rings. The predicted molar refractivity (Wildman–Crippen MR) is 52.9 cm³/mol. The van der Waals surface area contributed by atoms with Gasteiger partial charge in [-0.15, -0.1) is 0 Å². The van der Waals surface area contributed by atoms with Crippen LogP contribution in [0.4, 0.5) is 13.2 Å². The van der Waals surface area contributed by atoms with Crippen LogP contribution in [0.15, 0.2) is 21.5 Å². The second kappa shape index (κ2) is 4.30. The molecule has 0 fully saturated rings. The minimum Gasteiger partial charge on any atom is -0.366 e. The summed E-state index contributed by atoms with van der Waals surface area (Å²) in [5, 5.41) is 1.20. The smallest absolute Gasteiger partial charge is 0.366 e. The number of hydrogen-bond donors (Lipinski definition) is 1. The molecule has 2 nitrogen and oxygen atoms in total. The van der Waals surface area contributed by atoms with Gasteiger partial charge < -0.3 is 5.73 Å². The molecule has 1 aliphatic heterocycles. The fraction of sp³-hybridized carbons (Fsp3) is 0.444. The number of halogens is 3. The highest BCUT2D eigenvalue weighted by atomic mass is 32.2. The fourth-order valence-corrected chi connectivity index (χ4v) is 2.15. The zero-order chi connectivity index (χ0) is 11.6. The Morgan fingerprint density at radius 2 is 2.07 bits per heavy atom. The molecular formula is C9H10F3NOS. The summed E-state index contributed by atoms with van der Waals surface area (Å²) in [6.45, 7) is 1.42. The average molecular weight is 237 g/mol. The van der Waals surface area contributed by atoms with Crippen molar-refractivity contribution in [1.29, 1.82) is 0 Å². The van der Waals surface area contributed by atoms with Gasteiger partial charge in [0.2, 0.25) is 5.91 Å². The van der Waals surface area contributed by atoms with E-state index in [1.165, 1.54) is 12.3 Å². The van der Waals surface area contributed by atoms with Crippen molar-refractivity contribution in [3.05, 3.63) is 21.5 Å². The highest BCUT2D eigenvalue weighted by Crippen LogP contribution is 2.41. The van der Waals surface area contributed by atoms with Crippen molar-refractivity contribution in [2.75, 3.05) is 0 Å². The van der Waals surface area contributed by atoms with E-state index in [1.54, 1.807) is 0 Å². The highest BCUT2D eigenvalue weighted by molar-refractivity contribution is 8.06. The van der Waals surface area contributed by atoms with Gasteiger partial charge in [0.25, 0.3) is 0 Å². The van der Waals surface area contributed by atoms with Gasteiger partial charge in [-0.05, 0) is 25.2 Å². The van der Waals surface area contributed by atoms with Crippen LogP contribution in [0.25, 0.3) is 0 Å². The first-order valence-electron chi connectivity index (χ1n) is 4.25. The first-order valence-corrected chi connectivity index (χ1v) is 5.13. The zero-order valence-corrected chi connectivity index (χ0v) is 8.84. The van der Waals surface area contributed by atoms with Crippen LogP contribution in [-0.2, 0) is 4.79 Å². The number of carbonyl (C=O) groups is 1. The zero-order valence-electron chi connectivity index (χ0n) is 8.02. The second-order valence-electron chi connectivity index (χ2n) is 3.23. The second-order valence-corrected chi connectivity index (χ2v) is 4.11. The quantitative estimate of drug-likeness (QED) is 0.762. The van der Waals surface area contributed by atoms with Crippen molar-refractivity contribution < 1.29 is 18.0 Å². The summed E-state index contributed by atoms with van der Waals surface area (Å²) in [4.78, 5) is 10.2. The molecule has 6 heteroatoms. The predicted octanol–water partition coefficient (Wildman–Crippen LogP) is 2.72. The molecule has 0 atom stereocenters. The van der Waals surface area contributed by atoms with E-state index < -0.39 is 17.0 Å². The molecule has 2 N–H and O–H groups in total. The SMILES string of the molecule is CC1=C(C(F)(F)F)SC=C(C(N)=O)CC1. The maximum Gasteiger partial charge on any atom is 0.422 e. The summed E-state index contributed by atoms with van der Waals surface area (Å²) >= 11 is 0.527. The number of amides is 1. The third kappa shape index (κ3) is 3.02. The van der Waals surface area contributed by atoms with E-state index >= 15 is 0 Å². The Hall–Kier alpha value is -0.910. The van der Waals surface area contributed by atoms with Gasteiger partial charge in [-0.3, -0.25) is 4.79 Å². The Labute approximate surface area is 89.4 Å². The number of primary amides is 1. The molecule has 0 saturated carbocycles. The Kier molecular flexibility index (Phi) is 3.49. The van der Waals surface area contributed by atoms with Crippen LogP contribution < -0.4 is 5.73 Å². The minimum atomic E-state index is -4.35. The molecule has 1 amide bonds. The molecule has 0 aromatic heterocycles. The molecule has 0 spiro atoms. The summed E-state index contributed by atoms with van der Waals surface area (Å²) in [5.74, 6) is -0.654. The van der Waals surface area contributed by atoms with Crippen molar-refractivity contribution >= 4 is 17.7 Å². The number of nitrogens with two attached hydrogens (primary N) is 1. The van der Waals surface area contributed by atoms with Crippen molar-refractivity contribution in [2.45, 2.75) is 25.9 Å². The Bertz CT molecular complexity index is 344. The first kappa shape index (κ1) is 12.2. The van der Waals surface area contributed by atoms with Gasteiger partial charge in [-0.25, -0.2) is 0 Å². The Morgan fingerprint density at radius 1 is 1.47 bits per heavy atom. The summed E-state index contributed by atoms with van der Waals surface area (Å²) in [6.07, 6.45) is -3.86. The molecular weight excluding hydrogens is 227 g/mol. The van der Waals surface area contributed by atoms with E-state index in [4.69, 9.17) is 5.73 Å². The van der Waals surface area contributed by atoms with Gasteiger partial charge in [0.15, 0.2) is 0 Å². The fourth-order valence-electron chi connectivity index (χ4n) is 1.22. The van der Waals surface area contributed by atoms with Crippen molar-refractivity contribution in [2.24, 2.45) is 5.73 Å². The van der Waals surface area contributed by atoms with Crippen LogP contribution in [0.2, 0.25) is 0 Å². The van der Waals surface area contributed by atoms with E-state index in [9.17, 15) is 18.0 Å². The van der Waals surface area contributed by atoms with Crippen LogP contribution >= 0.6 is 11.8 Å². The third-order valence-corrected chi connectivity index (χ3v) is 3.27. The number of hydrogen-bond acceptors (Lipinski definition) is 2. The van der Waals surface area contributed by atoms with Gasteiger partial charge in [0, 0.05) is 5.57 Å². The highest BCUT2D eigenvalue weighted by Gasteiger charge is 2.36. The molecule has 15 heavy (non-hydrogen) atoms. The standard InChI is InChI=1S/C9H10F3NOS/c1-5-2-3-6(8(13)14)4-15-7(5)9(10,11)12/h4H,2-3H2,1H3,(H2,13,14). The minimum absolute atomic E-state index is 0.219. The van der Waals surface area contributed by atoms with Crippen molar-refractivity contribution in [3.8, 4) is 0 Å². The van der Waals surface area contributed by atoms with Crippen LogP contribution in [0, 0.1) is 0 Å². The van der Waals surface area contributed by atoms with Gasteiger partial charge >= 0.3 is 6.18 Å². The lowest BCUT2D eigenvalue weighted by Crippen LogP contribution is -2.13.